The second kappa shape index (κ2) is 6.96. The number of carbonyl (C=O) groups excluding carboxylic acids is 2. The van der Waals surface area contributed by atoms with Gasteiger partial charge in [-0.05, 0) is 57.2 Å². The molecule has 0 spiro atoms. The Labute approximate surface area is 144 Å². The van der Waals surface area contributed by atoms with E-state index in [0.29, 0.717) is 19.4 Å². The molecule has 0 bridgehead atoms. The number of nitrogens with zero attached hydrogens (tertiary/aromatic N) is 2. The van der Waals surface area contributed by atoms with E-state index in [-0.39, 0.29) is 11.8 Å². The van der Waals surface area contributed by atoms with Crippen LogP contribution < -0.4 is 4.90 Å². The Kier molecular flexibility index (Phi) is 4.93. The van der Waals surface area contributed by atoms with Crippen LogP contribution in [0.3, 0.4) is 0 Å². The van der Waals surface area contributed by atoms with Gasteiger partial charge in [0.15, 0.2) is 0 Å². The number of amides is 2. The molecule has 0 radical (unpaired) electrons. The molecule has 0 N–H and O–H groups in total. The average molecular weight is 328 g/mol. The van der Waals surface area contributed by atoms with Crippen LogP contribution in [0, 0.1) is 12.3 Å². The molecule has 1 saturated heterocycles. The van der Waals surface area contributed by atoms with Gasteiger partial charge in [0, 0.05) is 25.3 Å². The molecule has 130 valence electrons. The molecule has 2 fully saturated rings. The van der Waals surface area contributed by atoms with Crippen LogP contribution in [0.2, 0.25) is 0 Å². The highest BCUT2D eigenvalue weighted by Crippen LogP contribution is 2.49. The molecule has 4 heteroatoms. The second-order valence-electron chi connectivity index (χ2n) is 7.18. The number of hydrogen-bond acceptors (Lipinski definition) is 2. The molecule has 1 aliphatic carbocycles. The van der Waals surface area contributed by atoms with Crippen LogP contribution in [0.5, 0.6) is 0 Å². The standard InChI is InChI=1S/C20H28N2O2/c1-3-22(17-10-8-9-16(2)15-17)19(24)20(11-12-20)18(23)21-13-6-4-5-7-14-21/h8-10,15H,3-7,11-14H2,1-2H3. The number of benzene rings is 1. The van der Waals surface area contributed by atoms with Gasteiger partial charge in [0.25, 0.3) is 0 Å². The third-order valence-corrected chi connectivity index (χ3v) is 5.34. The number of anilines is 1. The lowest BCUT2D eigenvalue weighted by atomic mass is 10.0. The first kappa shape index (κ1) is 17.0. The fourth-order valence-electron chi connectivity index (χ4n) is 3.72. The highest BCUT2D eigenvalue weighted by atomic mass is 16.2. The summed E-state index contributed by atoms with van der Waals surface area (Å²) >= 11 is 0. The Morgan fingerprint density at radius 3 is 2.33 bits per heavy atom. The van der Waals surface area contributed by atoms with Gasteiger partial charge in [0.1, 0.15) is 5.41 Å². The minimum atomic E-state index is -0.788. The molecule has 24 heavy (non-hydrogen) atoms. The van der Waals surface area contributed by atoms with Gasteiger partial charge in [-0.3, -0.25) is 9.59 Å². The summed E-state index contributed by atoms with van der Waals surface area (Å²) in [5.41, 5.74) is 1.24. The second-order valence-corrected chi connectivity index (χ2v) is 7.18. The molecular formula is C20H28N2O2. The Morgan fingerprint density at radius 2 is 1.79 bits per heavy atom. The van der Waals surface area contributed by atoms with E-state index in [0.717, 1.165) is 37.2 Å². The molecule has 1 aromatic rings. The Morgan fingerprint density at radius 1 is 1.12 bits per heavy atom. The van der Waals surface area contributed by atoms with E-state index < -0.39 is 5.41 Å². The van der Waals surface area contributed by atoms with E-state index in [1.807, 2.05) is 43.0 Å². The van der Waals surface area contributed by atoms with Crippen molar-refractivity contribution in [3.8, 4) is 0 Å². The normalized spacial score (nSPS) is 19.5. The van der Waals surface area contributed by atoms with Crippen LogP contribution in [-0.4, -0.2) is 36.3 Å². The summed E-state index contributed by atoms with van der Waals surface area (Å²) in [6.07, 6.45) is 5.90. The van der Waals surface area contributed by atoms with Gasteiger partial charge in [-0.15, -0.1) is 0 Å². The maximum absolute atomic E-state index is 13.2. The summed E-state index contributed by atoms with van der Waals surface area (Å²) in [7, 11) is 0. The molecule has 1 saturated carbocycles. The number of carbonyl (C=O) groups is 2. The number of likely N-dealkylation sites (tertiary alicyclic amines) is 1. The Bertz CT molecular complexity index is 614. The Balaban J connectivity index is 1.80. The summed E-state index contributed by atoms with van der Waals surface area (Å²) in [6.45, 7) is 6.22. The molecule has 0 aromatic heterocycles. The number of rotatable bonds is 4. The quantitative estimate of drug-likeness (QED) is 0.793. The smallest absolute Gasteiger partial charge is 0.242 e. The van der Waals surface area contributed by atoms with E-state index in [2.05, 4.69) is 0 Å². The van der Waals surface area contributed by atoms with Crippen molar-refractivity contribution in [2.75, 3.05) is 24.5 Å². The predicted molar refractivity (Wildman–Crippen MR) is 95.9 cm³/mol. The van der Waals surface area contributed by atoms with Crippen molar-refractivity contribution in [1.29, 1.82) is 0 Å². The maximum Gasteiger partial charge on any atom is 0.242 e. The van der Waals surface area contributed by atoms with Crippen molar-refractivity contribution < 1.29 is 9.59 Å². The summed E-state index contributed by atoms with van der Waals surface area (Å²) in [6, 6.07) is 7.97. The summed E-state index contributed by atoms with van der Waals surface area (Å²) in [4.78, 5) is 30.0. The van der Waals surface area contributed by atoms with Crippen LogP contribution in [0.15, 0.2) is 24.3 Å². The van der Waals surface area contributed by atoms with Gasteiger partial charge in [-0.25, -0.2) is 0 Å². The molecule has 0 unspecified atom stereocenters. The van der Waals surface area contributed by atoms with E-state index in [1.54, 1.807) is 4.90 Å². The molecule has 1 aromatic carbocycles. The highest BCUT2D eigenvalue weighted by Gasteiger charge is 2.59. The van der Waals surface area contributed by atoms with Crippen LogP contribution in [0.4, 0.5) is 5.69 Å². The third kappa shape index (κ3) is 3.19. The van der Waals surface area contributed by atoms with E-state index in [4.69, 9.17) is 0 Å². The van der Waals surface area contributed by atoms with Crippen molar-refractivity contribution in [2.45, 2.75) is 52.4 Å². The van der Waals surface area contributed by atoms with Gasteiger partial charge < -0.3 is 9.80 Å². The molecular weight excluding hydrogens is 300 g/mol. The van der Waals surface area contributed by atoms with Crippen molar-refractivity contribution in [3.63, 3.8) is 0 Å². The lowest BCUT2D eigenvalue weighted by molar-refractivity contribution is -0.143. The topological polar surface area (TPSA) is 40.6 Å². The molecule has 0 atom stereocenters. The monoisotopic (exact) mass is 328 g/mol. The van der Waals surface area contributed by atoms with Crippen molar-refractivity contribution in [2.24, 2.45) is 5.41 Å². The lowest BCUT2D eigenvalue weighted by Crippen LogP contribution is -2.47. The summed E-state index contributed by atoms with van der Waals surface area (Å²) < 4.78 is 0. The molecule has 2 amide bonds. The van der Waals surface area contributed by atoms with Crippen molar-refractivity contribution in [1.82, 2.24) is 4.90 Å². The zero-order chi connectivity index (χ0) is 17.2. The zero-order valence-electron chi connectivity index (χ0n) is 14.9. The van der Waals surface area contributed by atoms with Crippen LogP contribution in [-0.2, 0) is 9.59 Å². The Hall–Kier alpha value is -1.84. The van der Waals surface area contributed by atoms with Gasteiger partial charge in [0.05, 0.1) is 0 Å². The first-order valence-corrected chi connectivity index (χ1v) is 9.26. The largest absolute Gasteiger partial charge is 0.342 e. The predicted octanol–water partition coefficient (Wildman–Crippen LogP) is 3.53. The van der Waals surface area contributed by atoms with E-state index in [1.165, 1.54) is 12.8 Å². The first-order valence-electron chi connectivity index (χ1n) is 9.26. The highest BCUT2D eigenvalue weighted by molar-refractivity contribution is 6.14. The van der Waals surface area contributed by atoms with Crippen LogP contribution in [0.25, 0.3) is 0 Å². The maximum atomic E-state index is 13.2. The number of aryl methyl sites for hydroxylation is 1. The molecule has 2 aliphatic rings. The first-order chi connectivity index (χ1) is 11.6. The summed E-state index contributed by atoms with van der Waals surface area (Å²) in [5.74, 6) is 0.0605. The lowest BCUT2D eigenvalue weighted by Gasteiger charge is -2.30. The molecule has 4 nitrogen and oxygen atoms in total. The van der Waals surface area contributed by atoms with Crippen LogP contribution in [0.1, 0.15) is 51.0 Å². The van der Waals surface area contributed by atoms with E-state index >= 15 is 0 Å². The van der Waals surface area contributed by atoms with Crippen molar-refractivity contribution in [3.05, 3.63) is 29.8 Å². The third-order valence-electron chi connectivity index (χ3n) is 5.34. The van der Waals surface area contributed by atoms with Gasteiger partial charge in [0.2, 0.25) is 11.8 Å². The molecule has 1 heterocycles. The van der Waals surface area contributed by atoms with E-state index in [9.17, 15) is 9.59 Å². The van der Waals surface area contributed by atoms with Gasteiger partial charge >= 0.3 is 0 Å². The van der Waals surface area contributed by atoms with Gasteiger partial charge in [-0.1, -0.05) is 25.0 Å². The van der Waals surface area contributed by atoms with Crippen molar-refractivity contribution >= 4 is 17.5 Å². The minimum absolute atomic E-state index is 0.00940. The van der Waals surface area contributed by atoms with Crippen LogP contribution >= 0.6 is 0 Å². The molecule has 1 aliphatic heterocycles. The minimum Gasteiger partial charge on any atom is -0.342 e. The average Bonchev–Trinajstić information content (AvgIpc) is 3.40. The SMILES string of the molecule is CCN(C(=O)C1(C(=O)N2CCCCCC2)CC1)c1cccc(C)c1. The fourth-order valence-corrected chi connectivity index (χ4v) is 3.72. The number of hydrogen-bond donors (Lipinski definition) is 0. The van der Waals surface area contributed by atoms with Gasteiger partial charge in [-0.2, -0.15) is 0 Å². The fraction of sp³-hybridized carbons (Fsp3) is 0.600. The summed E-state index contributed by atoms with van der Waals surface area (Å²) in [5, 5.41) is 0. The zero-order valence-corrected chi connectivity index (χ0v) is 14.9. The molecule has 3 rings (SSSR count).